The zero-order valence-electron chi connectivity index (χ0n) is 12.9. The van der Waals surface area contributed by atoms with Gasteiger partial charge in [0, 0.05) is 18.1 Å². The lowest BCUT2D eigenvalue weighted by Gasteiger charge is -2.17. The fourth-order valence-electron chi connectivity index (χ4n) is 1.96. The van der Waals surface area contributed by atoms with Crippen molar-refractivity contribution < 1.29 is 14.9 Å². The van der Waals surface area contributed by atoms with Crippen LogP contribution in [0.1, 0.15) is 25.3 Å². The molecule has 2 N–H and O–H groups in total. The monoisotopic (exact) mass is 330 g/mol. The second-order valence-electron chi connectivity index (χ2n) is 5.28. The summed E-state index contributed by atoms with van der Waals surface area (Å²) in [5, 5.41) is 19.8. The SMILES string of the molecule is CC(O)(C#CCCCO)c1ccc(Oc2ccc(Cl)cc2)cc1. The van der Waals surface area contributed by atoms with Gasteiger partial charge in [-0.25, -0.2) is 0 Å². The van der Waals surface area contributed by atoms with E-state index in [2.05, 4.69) is 11.8 Å². The summed E-state index contributed by atoms with van der Waals surface area (Å²) in [6.45, 7) is 1.75. The van der Waals surface area contributed by atoms with Gasteiger partial charge in [0.15, 0.2) is 0 Å². The molecule has 0 saturated carbocycles. The van der Waals surface area contributed by atoms with Gasteiger partial charge in [-0.05, 0) is 55.3 Å². The number of aliphatic hydroxyl groups excluding tert-OH is 1. The van der Waals surface area contributed by atoms with Crippen molar-refractivity contribution in [2.75, 3.05) is 6.61 Å². The predicted molar refractivity (Wildman–Crippen MR) is 91.6 cm³/mol. The van der Waals surface area contributed by atoms with Crippen molar-refractivity contribution >= 4 is 11.6 Å². The van der Waals surface area contributed by atoms with E-state index in [0.717, 1.165) is 0 Å². The van der Waals surface area contributed by atoms with E-state index in [9.17, 15) is 5.11 Å². The quantitative estimate of drug-likeness (QED) is 0.640. The summed E-state index contributed by atoms with van der Waals surface area (Å²) in [4.78, 5) is 0. The fraction of sp³-hybridized carbons (Fsp3) is 0.263. The molecule has 0 aliphatic carbocycles. The highest BCUT2D eigenvalue weighted by Crippen LogP contribution is 2.26. The van der Waals surface area contributed by atoms with E-state index in [1.807, 2.05) is 0 Å². The lowest BCUT2D eigenvalue weighted by atomic mass is 9.96. The first-order valence-corrected chi connectivity index (χ1v) is 7.76. The standard InChI is InChI=1S/C19H19ClO3/c1-19(22,13-3-2-4-14-21)15-5-9-17(10-6-15)23-18-11-7-16(20)8-12-18/h5-12,21-22H,2,4,14H2,1H3. The highest BCUT2D eigenvalue weighted by molar-refractivity contribution is 6.30. The van der Waals surface area contributed by atoms with Crippen LogP contribution in [0, 0.1) is 11.8 Å². The zero-order valence-corrected chi connectivity index (χ0v) is 13.7. The summed E-state index contributed by atoms with van der Waals surface area (Å²) in [6.07, 6.45) is 1.17. The molecule has 0 saturated heterocycles. The number of unbranched alkanes of at least 4 members (excludes halogenated alkanes) is 1. The highest BCUT2D eigenvalue weighted by Gasteiger charge is 2.19. The van der Waals surface area contributed by atoms with Crippen molar-refractivity contribution in [3.63, 3.8) is 0 Å². The van der Waals surface area contributed by atoms with E-state index in [-0.39, 0.29) is 6.61 Å². The average molecular weight is 331 g/mol. The number of halogens is 1. The van der Waals surface area contributed by atoms with Crippen LogP contribution in [0.2, 0.25) is 5.02 Å². The van der Waals surface area contributed by atoms with E-state index in [1.165, 1.54) is 0 Å². The van der Waals surface area contributed by atoms with E-state index in [4.69, 9.17) is 21.4 Å². The predicted octanol–water partition coefficient (Wildman–Crippen LogP) is 4.12. The van der Waals surface area contributed by atoms with Crippen molar-refractivity contribution in [1.82, 2.24) is 0 Å². The van der Waals surface area contributed by atoms with Crippen molar-refractivity contribution in [3.8, 4) is 23.3 Å². The van der Waals surface area contributed by atoms with Crippen LogP contribution in [-0.4, -0.2) is 16.8 Å². The maximum absolute atomic E-state index is 10.4. The molecular weight excluding hydrogens is 312 g/mol. The first kappa shape index (κ1) is 17.4. The molecule has 120 valence electrons. The normalized spacial score (nSPS) is 12.9. The third-order valence-electron chi connectivity index (χ3n) is 3.26. The van der Waals surface area contributed by atoms with Crippen LogP contribution in [0.25, 0.3) is 0 Å². The molecule has 1 atom stereocenters. The molecule has 0 amide bonds. The lowest BCUT2D eigenvalue weighted by Crippen LogP contribution is -2.18. The Balaban J connectivity index is 2.05. The van der Waals surface area contributed by atoms with E-state index < -0.39 is 5.60 Å². The molecule has 0 heterocycles. The second-order valence-corrected chi connectivity index (χ2v) is 5.72. The van der Waals surface area contributed by atoms with Crippen LogP contribution in [0.3, 0.4) is 0 Å². The lowest BCUT2D eigenvalue weighted by molar-refractivity contribution is 0.122. The molecular formula is C19H19ClO3. The Labute approximate surface area is 141 Å². The van der Waals surface area contributed by atoms with Gasteiger partial charge < -0.3 is 14.9 Å². The number of hydrogen-bond donors (Lipinski definition) is 2. The number of rotatable bonds is 5. The molecule has 3 nitrogen and oxygen atoms in total. The van der Waals surface area contributed by atoms with Gasteiger partial charge in [-0.3, -0.25) is 0 Å². The van der Waals surface area contributed by atoms with E-state index >= 15 is 0 Å². The summed E-state index contributed by atoms with van der Waals surface area (Å²) < 4.78 is 5.71. The van der Waals surface area contributed by atoms with Crippen LogP contribution in [0.15, 0.2) is 48.5 Å². The topological polar surface area (TPSA) is 49.7 Å². The summed E-state index contributed by atoms with van der Waals surface area (Å²) in [6, 6.07) is 14.2. The average Bonchev–Trinajstić information content (AvgIpc) is 2.54. The first-order valence-electron chi connectivity index (χ1n) is 7.38. The van der Waals surface area contributed by atoms with Crippen LogP contribution in [0.5, 0.6) is 11.5 Å². The molecule has 2 rings (SSSR count). The van der Waals surface area contributed by atoms with Gasteiger partial charge in [-0.1, -0.05) is 35.6 Å². The van der Waals surface area contributed by atoms with Crippen molar-refractivity contribution in [1.29, 1.82) is 0 Å². The van der Waals surface area contributed by atoms with Gasteiger partial charge in [0.05, 0.1) is 0 Å². The minimum Gasteiger partial charge on any atom is -0.457 e. The van der Waals surface area contributed by atoms with Crippen molar-refractivity contribution in [2.24, 2.45) is 0 Å². The Bertz CT molecular complexity index is 679. The van der Waals surface area contributed by atoms with Crippen molar-refractivity contribution in [3.05, 3.63) is 59.1 Å². The molecule has 0 fully saturated rings. The largest absolute Gasteiger partial charge is 0.457 e. The number of benzene rings is 2. The summed E-state index contributed by atoms with van der Waals surface area (Å²) >= 11 is 5.84. The van der Waals surface area contributed by atoms with Gasteiger partial charge in [-0.2, -0.15) is 0 Å². The molecule has 0 spiro atoms. The molecule has 0 aliphatic rings. The van der Waals surface area contributed by atoms with E-state index in [1.54, 1.807) is 55.5 Å². The minimum atomic E-state index is -1.23. The van der Waals surface area contributed by atoms with Gasteiger partial charge in [0.2, 0.25) is 0 Å². The number of ether oxygens (including phenoxy) is 1. The van der Waals surface area contributed by atoms with E-state index in [0.29, 0.717) is 34.9 Å². The number of hydrogen-bond acceptors (Lipinski definition) is 3. The molecule has 0 bridgehead atoms. The Morgan fingerprint density at radius 3 is 2.17 bits per heavy atom. The maximum atomic E-state index is 10.4. The smallest absolute Gasteiger partial charge is 0.148 e. The Hall–Kier alpha value is -1.99. The molecule has 0 aliphatic heterocycles. The van der Waals surface area contributed by atoms with Gasteiger partial charge in [-0.15, -0.1) is 0 Å². The summed E-state index contributed by atoms with van der Waals surface area (Å²) in [5.74, 6) is 7.06. The van der Waals surface area contributed by atoms with Crippen LogP contribution < -0.4 is 4.74 Å². The fourth-order valence-corrected chi connectivity index (χ4v) is 2.09. The Morgan fingerprint density at radius 2 is 1.61 bits per heavy atom. The zero-order chi connectivity index (χ0) is 16.7. The molecule has 4 heteroatoms. The Morgan fingerprint density at radius 1 is 1.04 bits per heavy atom. The molecule has 0 radical (unpaired) electrons. The first-order chi connectivity index (χ1) is 11.0. The number of aliphatic hydroxyl groups is 2. The Kier molecular flexibility index (Phi) is 6.06. The van der Waals surface area contributed by atoms with Gasteiger partial charge >= 0.3 is 0 Å². The van der Waals surface area contributed by atoms with Crippen LogP contribution in [-0.2, 0) is 5.60 Å². The third-order valence-corrected chi connectivity index (χ3v) is 3.51. The van der Waals surface area contributed by atoms with Crippen LogP contribution in [0.4, 0.5) is 0 Å². The minimum absolute atomic E-state index is 0.105. The highest BCUT2D eigenvalue weighted by atomic mass is 35.5. The maximum Gasteiger partial charge on any atom is 0.148 e. The molecule has 2 aromatic rings. The van der Waals surface area contributed by atoms with Crippen LogP contribution >= 0.6 is 11.6 Å². The molecule has 23 heavy (non-hydrogen) atoms. The summed E-state index contributed by atoms with van der Waals surface area (Å²) in [7, 11) is 0. The molecule has 0 aromatic heterocycles. The van der Waals surface area contributed by atoms with Gasteiger partial charge in [0.1, 0.15) is 17.1 Å². The van der Waals surface area contributed by atoms with Crippen molar-refractivity contribution in [2.45, 2.75) is 25.4 Å². The third kappa shape index (κ3) is 5.30. The molecule has 1 unspecified atom stereocenters. The van der Waals surface area contributed by atoms with Gasteiger partial charge in [0.25, 0.3) is 0 Å². The second kappa shape index (κ2) is 8.03. The summed E-state index contributed by atoms with van der Waals surface area (Å²) in [5.41, 5.74) is -0.536. The molecule has 2 aromatic carbocycles.